The normalized spacial score (nSPS) is 22.2. The van der Waals surface area contributed by atoms with E-state index in [1.807, 2.05) is 19.1 Å². The molecule has 1 aliphatic heterocycles. The Morgan fingerprint density at radius 1 is 1.58 bits per heavy atom. The van der Waals surface area contributed by atoms with Gasteiger partial charge in [-0.2, -0.15) is 0 Å². The molecular weight excluding hydrogens is 308 g/mol. The summed E-state index contributed by atoms with van der Waals surface area (Å²) in [6.07, 6.45) is 0.117. The molecule has 0 amide bonds. The lowest BCUT2D eigenvalue weighted by atomic mass is 10.1. The zero-order chi connectivity index (χ0) is 13.8. The molecule has 0 bridgehead atoms. The summed E-state index contributed by atoms with van der Waals surface area (Å²) >= 11 is 3.51. The maximum absolute atomic E-state index is 5.92. The molecule has 2 rings (SSSR count). The van der Waals surface area contributed by atoms with Crippen molar-refractivity contribution in [3.8, 4) is 5.75 Å². The monoisotopic (exact) mass is 328 g/mol. The van der Waals surface area contributed by atoms with E-state index in [-0.39, 0.29) is 12.1 Å². The van der Waals surface area contributed by atoms with Gasteiger partial charge in [-0.15, -0.1) is 0 Å². The Morgan fingerprint density at radius 3 is 3.05 bits per heavy atom. The number of ether oxygens (including phenoxy) is 2. The van der Waals surface area contributed by atoms with E-state index in [9.17, 15) is 0 Å². The number of halogens is 1. The number of benzene rings is 1. The molecule has 1 aromatic carbocycles. The number of nitrogens with zero attached hydrogens (tertiary/aromatic N) is 1. The highest BCUT2D eigenvalue weighted by molar-refractivity contribution is 9.10. The third-order valence-electron chi connectivity index (χ3n) is 3.40. The van der Waals surface area contributed by atoms with Crippen molar-refractivity contribution in [1.29, 1.82) is 0 Å². The first-order valence-corrected chi connectivity index (χ1v) is 7.31. The van der Waals surface area contributed by atoms with Crippen molar-refractivity contribution in [2.45, 2.75) is 25.6 Å². The van der Waals surface area contributed by atoms with Gasteiger partial charge < -0.3 is 15.2 Å². The van der Waals surface area contributed by atoms with E-state index in [4.69, 9.17) is 15.2 Å². The average molecular weight is 329 g/mol. The number of morpholine rings is 1. The van der Waals surface area contributed by atoms with Crippen LogP contribution in [0.4, 0.5) is 0 Å². The van der Waals surface area contributed by atoms with E-state index in [0.717, 1.165) is 36.5 Å². The van der Waals surface area contributed by atoms with Crippen LogP contribution in [0.25, 0.3) is 0 Å². The first kappa shape index (κ1) is 14.8. The number of methoxy groups -OCH3 is 1. The van der Waals surface area contributed by atoms with Gasteiger partial charge in [-0.1, -0.05) is 15.9 Å². The lowest BCUT2D eigenvalue weighted by Crippen LogP contribution is -2.49. The summed E-state index contributed by atoms with van der Waals surface area (Å²) in [4.78, 5) is 2.36. The minimum Gasteiger partial charge on any atom is -0.496 e. The van der Waals surface area contributed by atoms with Crippen LogP contribution < -0.4 is 10.5 Å². The Balaban J connectivity index is 2.06. The van der Waals surface area contributed by atoms with Gasteiger partial charge in [0.25, 0.3) is 0 Å². The largest absolute Gasteiger partial charge is 0.496 e. The summed E-state index contributed by atoms with van der Waals surface area (Å²) in [5.41, 5.74) is 7.10. The maximum Gasteiger partial charge on any atom is 0.123 e. The molecule has 0 aromatic heterocycles. The lowest BCUT2D eigenvalue weighted by molar-refractivity contribution is -0.0405. The predicted molar refractivity (Wildman–Crippen MR) is 79.4 cm³/mol. The summed E-state index contributed by atoms with van der Waals surface area (Å²) in [6.45, 7) is 5.39. The van der Waals surface area contributed by atoms with Gasteiger partial charge in [-0.05, 0) is 25.1 Å². The second kappa shape index (κ2) is 6.70. The Kier molecular flexibility index (Phi) is 5.21. The zero-order valence-corrected chi connectivity index (χ0v) is 13.0. The second-order valence-electron chi connectivity index (χ2n) is 4.96. The third-order valence-corrected chi connectivity index (χ3v) is 3.89. The Bertz CT molecular complexity index is 426. The SMILES string of the molecule is COc1ccc(Br)cc1CN1CCOC(C(C)N)C1. The molecule has 1 aromatic rings. The highest BCUT2D eigenvalue weighted by Gasteiger charge is 2.24. The van der Waals surface area contributed by atoms with Crippen LogP contribution in [0.1, 0.15) is 12.5 Å². The van der Waals surface area contributed by atoms with Gasteiger partial charge in [0.15, 0.2) is 0 Å². The van der Waals surface area contributed by atoms with Crippen LogP contribution in [0.15, 0.2) is 22.7 Å². The van der Waals surface area contributed by atoms with Crippen molar-refractivity contribution < 1.29 is 9.47 Å². The number of hydrogen-bond donors (Lipinski definition) is 1. The molecule has 0 saturated carbocycles. The van der Waals surface area contributed by atoms with Gasteiger partial charge in [0, 0.05) is 35.7 Å². The third kappa shape index (κ3) is 3.92. The first-order chi connectivity index (χ1) is 9.10. The molecule has 0 radical (unpaired) electrons. The smallest absolute Gasteiger partial charge is 0.123 e. The van der Waals surface area contributed by atoms with Crippen molar-refractivity contribution in [3.63, 3.8) is 0 Å². The molecule has 1 aliphatic rings. The molecule has 2 atom stereocenters. The minimum absolute atomic E-state index is 0.0622. The molecule has 0 aliphatic carbocycles. The molecule has 4 nitrogen and oxygen atoms in total. The summed E-state index contributed by atoms with van der Waals surface area (Å²) in [5.74, 6) is 0.923. The van der Waals surface area contributed by atoms with Crippen molar-refractivity contribution in [2.75, 3.05) is 26.8 Å². The van der Waals surface area contributed by atoms with Crippen LogP contribution in [0.2, 0.25) is 0 Å². The van der Waals surface area contributed by atoms with E-state index >= 15 is 0 Å². The lowest BCUT2D eigenvalue weighted by Gasteiger charge is -2.35. The van der Waals surface area contributed by atoms with Crippen molar-refractivity contribution in [1.82, 2.24) is 4.90 Å². The number of hydrogen-bond acceptors (Lipinski definition) is 4. The van der Waals surface area contributed by atoms with E-state index in [2.05, 4.69) is 26.9 Å². The fourth-order valence-corrected chi connectivity index (χ4v) is 2.71. The molecule has 1 fully saturated rings. The fourth-order valence-electron chi connectivity index (χ4n) is 2.30. The van der Waals surface area contributed by atoms with E-state index in [0.29, 0.717) is 0 Å². The van der Waals surface area contributed by atoms with Crippen molar-refractivity contribution in [2.24, 2.45) is 5.73 Å². The number of nitrogens with two attached hydrogens (primary N) is 1. The predicted octanol–water partition coefficient (Wildman–Crippen LogP) is 2.01. The van der Waals surface area contributed by atoms with Gasteiger partial charge in [-0.25, -0.2) is 0 Å². The van der Waals surface area contributed by atoms with Gasteiger partial charge in [-0.3, -0.25) is 4.90 Å². The molecule has 1 heterocycles. The minimum atomic E-state index is 0.0622. The molecule has 5 heteroatoms. The van der Waals surface area contributed by atoms with Crippen molar-refractivity contribution >= 4 is 15.9 Å². The highest BCUT2D eigenvalue weighted by atomic mass is 79.9. The van der Waals surface area contributed by atoms with Gasteiger partial charge in [0.2, 0.25) is 0 Å². The molecule has 1 saturated heterocycles. The molecular formula is C14H21BrN2O2. The molecule has 2 N–H and O–H groups in total. The van der Waals surface area contributed by atoms with Crippen LogP contribution in [0.5, 0.6) is 5.75 Å². The van der Waals surface area contributed by atoms with Crippen LogP contribution in [-0.2, 0) is 11.3 Å². The molecule has 19 heavy (non-hydrogen) atoms. The van der Waals surface area contributed by atoms with Crippen LogP contribution in [0, 0.1) is 0 Å². The molecule has 2 unspecified atom stereocenters. The average Bonchev–Trinajstić information content (AvgIpc) is 2.39. The summed E-state index contributed by atoms with van der Waals surface area (Å²) in [6, 6.07) is 6.15. The quantitative estimate of drug-likeness (QED) is 0.918. The van der Waals surface area contributed by atoms with Crippen LogP contribution in [-0.4, -0.2) is 43.9 Å². The maximum atomic E-state index is 5.92. The summed E-state index contributed by atoms with van der Waals surface area (Å²) < 4.78 is 12.2. The van der Waals surface area contributed by atoms with Gasteiger partial charge >= 0.3 is 0 Å². The Hall–Kier alpha value is -0.620. The van der Waals surface area contributed by atoms with E-state index < -0.39 is 0 Å². The van der Waals surface area contributed by atoms with Crippen LogP contribution in [0.3, 0.4) is 0 Å². The summed E-state index contributed by atoms with van der Waals surface area (Å²) in [7, 11) is 1.71. The molecule has 106 valence electrons. The van der Waals surface area contributed by atoms with Gasteiger partial charge in [0.1, 0.15) is 5.75 Å². The fraction of sp³-hybridized carbons (Fsp3) is 0.571. The van der Waals surface area contributed by atoms with Gasteiger partial charge in [0.05, 0.1) is 19.8 Å². The number of rotatable bonds is 4. The van der Waals surface area contributed by atoms with E-state index in [1.165, 1.54) is 5.56 Å². The highest BCUT2D eigenvalue weighted by Crippen LogP contribution is 2.25. The zero-order valence-electron chi connectivity index (χ0n) is 11.4. The van der Waals surface area contributed by atoms with E-state index in [1.54, 1.807) is 7.11 Å². The second-order valence-corrected chi connectivity index (χ2v) is 5.88. The molecule has 0 spiro atoms. The van der Waals surface area contributed by atoms with Crippen molar-refractivity contribution in [3.05, 3.63) is 28.2 Å². The van der Waals surface area contributed by atoms with Crippen LogP contribution >= 0.6 is 15.9 Å². The Morgan fingerprint density at radius 2 is 2.37 bits per heavy atom. The first-order valence-electron chi connectivity index (χ1n) is 6.52. The standard InChI is InChI=1S/C14H21BrN2O2/c1-10(16)14-9-17(5-6-19-14)8-11-7-12(15)3-4-13(11)18-2/h3-4,7,10,14H,5-6,8-9,16H2,1-2H3. The Labute approximate surface area is 123 Å². The topological polar surface area (TPSA) is 47.7 Å². The summed E-state index contributed by atoms with van der Waals surface area (Å²) in [5, 5.41) is 0.